The zero-order chi connectivity index (χ0) is 15.3. The number of carbonyl (C=O) groups is 1. The molecule has 5 nitrogen and oxygen atoms in total. The minimum absolute atomic E-state index is 0.249. The third kappa shape index (κ3) is 4.37. The second-order valence-electron chi connectivity index (χ2n) is 4.45. The van der Waals surface area contributed by atoms with Gasteiger partial charge in [-0.25, -0.2) is 8.42 Å². The van der Waals surface area contributed by atoms with Gasteiger partial charge in [-0.1, -0.05) is 17.9 Å². The van der Waals surface area contributed by atoms with E-state index in [0.717, 1.165) is 11.8 Å². The molecule has 0 aliphatic carbocycles. The van der Waals surface area contributed by atoms with Crippen LogP contribution in [0.3, 0.4) is 0 Å². The molecule has 0 heterocycles. The number of nitrogens with one attached hydrogen (secondary N) is 1. The van der Waals surface area contributed by atoms with Gasteiger partial charge in [-0.2, -0.15) is 0 Å². The van der Waals surface area contributed by atoms with Gasteiger partial charge in [0.15, 0.2) is 9.84 Å². The molecule has 1 rings (SSSR count). The van der Waals surface area contributed by atoms with Crippen LogP contribution < -0.4 is 5.32 Å². The molecule has 0 saturated carbocycles. The molecule has 2 N–H and O–H groups in total. The maximum Gasteiger partial charge on any atom is 0.242 e. The van der Waals surface area contributed by atoms with E-state index in [1.807, 2.05) is 6.92 Å². The van der Waals surface area contributed by atoms with Crippen LogP contribution in [0.1, 0.15) is 18.1 Å². The van der Waals surface area contributed by atoms with Gasteiger partial charge in [0.2, 0.25) is 5.91 Å². The average Bonchev–Trinajstić information content (AvgIpc) is 2.37. The summed E-state index contributed by atoms with van der Waals surface area (Å²) < 4.78 is 22.6. The highest BCUT2D eigenvalue weighted by Gasteiger charge is 2.23. The molecule has 0 aliphatic rings. The van der Waals surface area contributed by atoms with Gasteiger partial charge in [0.1, 0.15) is 11.9 Å². The summed E-state index contributed by atoms with van der Waals surface area (Å²) in [6.07, 6.45) is 1.02. The van der Waals surface area contributed by atoms with Gasteiger partial charge in [0, 0.05) is 17.5 Å². The molecule has 0 fully saturated rings. The average molecular weight is 295 g/mol. The summed E-state index contributed by atoms with van der Waals surface area (Å²) >= 11 is 0. The van der Waals surface area contributed by atoms with Crippen molar-refractivity contribution >= 4 is 21.4 Å². The quantitative estimate of drug-likeness (QED) is 0.805. The number of benzene rings is 1. The van der Waals surface area contributed by atoms with Gasteiger partial charge in [0.05, 0.1) is 0 Å². The maximum atomic E-state index is 11.8. The second kappa shape index (κ2) is 6.55. The highest BCUT2D eigenvalue weighted by atomic mass is 32.2. The monoisotopic (exact) mass is 295 g/mol. The first-order valence-corrected chi connectivity index (χ1v) is 7.91. The van der Waals surface area contributed by atoms with Crippen LogP contribution in [-0.2, 0) is 14.6 Å². The third-order valence-electron chi connectivity index (χ3n) is 2.82. The van der Waals surface area contributed by atoms with Crippen molar-refractivity contribution in [2.24, 2.45) is 0 Å². The first-order chi connectivity index (χ1) is 9.25. The standard InChI is InChI=1S/C14H17NO4S/c1-10-6-7-13(9-12(10)5-4-8-16)15-14(17)11(2)20(3,18)19/h6-7,9,11,16H,8H2,1-3H3,(H,15,17). The third-order valence-corrected chi connectivity index (χ3v) is 4.32. The van der Waals surface area contributed by atoms with Crippen molar-refractivity contribution in [3.63, 3.8) is 0 Å². The van der Waals surface area contributed by atoms with E-state index in [-0.39, 0.29) is 6.61 Å². The highest BCUT2D eigenvalue weighted by molar-refractivity contribution is 7.92. The Kier molecular flexibility index (Phi) is 5.31. The summed E-state index contributed by atoms with van der Waals surface area (Å²) in [5.41, 5.74) is 2.04. The Morgan fingerprint density at radius 1 is 1.45 bits per heavy atom. The van der Waals surface area contributed by atoms with E-state index in [1.165, 1.54) is 6.92 Å². The molecule has 1 aromatic carbocycles. The molecule has 6 heteroatoms. The van der Waals surface area contributed by atoms with Gasteiger partial charge < -0.3 is 10.4 Å². The number of aryl methyl sites for hydroxylation is 1. The lowest BCUT2D eigenvalue weighted by atomic mass is 10.1. The number of aliphatic hydroxyl groups is 1. The molecule has 108 valence electrons. The predicted molar refractivity (Wildman–Crippen MR) is 78.1 cm³/mol. The van der Waals surface area contributed by atoms with Crippen molar-refractivity contribution in [2.75, 3.05) is 18.2 Å². The van der Waals surface area contributed by atoms with E-state index < -0.39 is 21.0 Å². The van der Waals surface area contributed by atoms with Gasteiger partial charge >= 0.3 is 0 Å². The fourth-order valence-electron chi connectivity index (χ4n) is 1.41. The van der Waals surface area contributed by atoms with E-state index >= 15 is 0 Å². The summed E-state index contributed by atoms with van der Waals surface area (Å²) in [7, 11) is -3.43. The second-order valence-corrected chi connectivity index (χ2v) is 6.82. The number of carbonyl (C=O) groups excluding carboxylic acids is 1. The number of sulfone groups is 1. The van der Waals surface area contributed by atoms with Crippen LogP contribution in [0.5, 0.6) is 0 Å². The van der Waals surface area contributed by atoms with E-state index in [9.17, 15) is 13.2 Å². The van der Waals surface area contributed by atoms with Crippen molar-refractivity contribution in [3.8, 4) is 11.8 Å². The summed E-state index contributed by atoms with van der Waals surface area (Å²) in [6.45, 7) is 2.94. The van der Waals surface area contributed by atoms with E-state index in [1.54, 1.807) is 18.2 Å². The van der Waals surface area contributed by atoms with Crippen molar-refractivity contribution in [2.45, 2.75) is 19.1 Å². The molecule has 1 aromatic rings. The molecule has 0 radical (unpaired) electrons. The molecular formula is C14H17NO4S. The number of rotatable bonds is 3. The molecule has 0 saturated heterocycles. The van der Waals surface area contributed by atoms with Crippen molar-refractivity contribution in [1.82, 2.24) is 0 Å². The van der Waals surface area contributed by atoms with E-state index in [4.69, 9.17) is 5.11 Å². The Labute approximate surface area is 118 Å². The Bertz CT molecular complexity index is 668. The number of hydrogen-bond donors (Lipinski definition) is 2. The van der Waals surface area contributed by atoms with Crippen LogP contribution in [0.15, 0.2) is 18.2 Å². The Morgan fingerprint density at radius 2 is 2.10 bits per heavy atom. The normalized spacial score (nSPS) is 12.2. The summed E-state index contributed by atoms with van der Waals surface area (Å²) in [4.78, 5) is 11.8. The molecule has 0 aromatic heterocycles. The molecular weight excluding hydrogens is 278 g/mol. The number of aliphatic hydroxyl groups excluding tert-OH is 1. The van der Waals surface area contributed by atoms with Crippen molar-refractivity contribution < 1.29 is 18.3 Å². The molecule has 1 atom stereocenters. The minimum Gasteiger partial charge on any atom is -0.384 e. The summed E-state index contributed by atoms with van der Waals surface area (Å²) in [6, 6.07) is 5.08. The zero-order valence-corrected chi connectivity index (χ0v) is 12.4. The number of amides is 1. The summed E-state index contributed by atoms with van der Waals surface area (Å²) in [5.74, 6) is 4.71. The van der Waals surface area contributed by atoms with Crippen LogP contribution in [0, 0.1) is 18.8 Å². The first-order valence-electron chi connectivity index (χ1n) is 5.96. The SMILES string of the molecule is Cc1ccc(NC(=O)C(C)S(C)(=O)=O)cc1C#CCO. The number of hydrogen-bond acceptors (Lipinski definition) is 4. The van der Waals surface area contributed by atoms with E-state index in [0.29, 0.717) is 11.3 Å². The number of anilines is 1. The largest absolute Gasteiger partial charge is 0.384 e. The lowest BCUT2D eigenvalue weighted by molar-refractivity contribution is -0.115. The lowest BCUT2D eigenvalue weighted by Gasteiger charge is -2.11. The molecule has 1 amide bonds. The first kappa shape index (κ1) is 16.2. The fraction of sp³-hybridized carbons (Fsp3) is 0.357. The van der Waals surface area contributed by atoms with Crippen LogP contribution >= 0.6 is 0 Å². The molecule has 0 aliphatic heterocycles. The fourth-order valence-corrected chi connectivity index (χ4v) is 1.86. The van der Waals surface area contributed by atoms with Crippen molar-refractivity contribution in [1.29, 1.82) is 0 Å². The lowest BCUT2D eigenvalue weighted by Crippen LogP contribution is -2.31. The molecule has 0 bridgehead atoms. The summed E-state index contributed by atoms with van der Waals surface area (Å²) in [5, 5.41) is 10.1. The highest BCUT2D eigenvalue weighted by Crippen LogP contribution is 2.15. The smallest absolute Gasteiger partial charge is 0.242 e. The van der Waals surface area contributed by atoms with Crippen LogP contribution in [-0.4, -0.2) is 37.5 Å². The van der Waals surface area contributed by atoms with Gasteiger partial charge in [0.25, 0.3) is 0 Å². The Hall–Kier alpha value is -1.84. The van der Waals surface area contributed by atoms with Crippen LogP contribution in [0.25, 0.3) is 0 Å². The Morgan fingerprint density at radius 3 is 2.65 bits per heavy atom. The Balaban J connectivity index is 2.97. The van der Waals surface area contributed by atoms with E-state index in [2.05, 4.69) is 17.2 Å². The van der Waals surface area contributed by atoms with Crippen LogP contribution in [0.2, 0.25) is 0 Å². The van der Waals surface area contributed by atoms with Crippen LogP contribution in [0.4, 0.5) is 5.69 Å². The molecule has 20 heavy (non-hydrogen) atoms. The van der Waals surface area contributed by atoms with Gasteiger partial charge in [-0.3, -0.25) is 4.79 Å². The topological polar surface area (TPSA) is 83.5 Å². The van der Waals surface area contributed by atoms with Gasteiger partial charge in [-0.15, -0.1) is 0 Å². The van der Waals surface area contributed by atoms with Crippen molar-refractivity contribution in [3.05, 3.63) is 29.3 Å². The predicted octanol–water partition coefficient (Wildman–Crippen LogP) is 0.710. The molecule has 1 unspecified atom stereocenters. The maximum absolute atomic E-state index is 11.8. The minimum atomic E-state index is -3.43. The van der Waals surface area contributed by atoms with Gasteiger partial charge in [-0.05, 0) is 31.5 Å². The molecule has 0 spiro atoms. The zero-order valence-electron chi connectivity index (χ0n) is 11.6.